The molecule has 0 aliphatic carbocycles. The summed E-state index contributed by atoms with van der Waals surface area (Å²) in [5.41, 5.74) is 0.273. The number of aromatic nitrogens is 3. The standard InChI is InChI=1S/C13H9F2N3O/c14-9-5-10-12(16-6-9)18(17-13(10)19)7-8-3-1-2-4-11(8)15/h1-6H,7H2,(H,17,19). The van der Waals surface area contributed by atoms with Crippen molar-refractivity contribution in [1.82, 2.24) is 14.8 Å². The first kappa shape index (κ1) is 11.6. The average molecular weight is 261 g/mol. The van der Waals surface area contributed by atoms with Crippen LogP contribution in [0.5, 0.6) is 0 Å². The molecule has 0 fully saturated rings. The maximum Gasteiger partial charge on any atom is 0.273 e. The van der Waals surface area contributed by atoms with Crippen LogP contribution in [0.15, 0.2) is 41.3 Å². The summed E-state index contributed by atoms with van der Waals surface area (Å²) in [6.07, 6.45) is 1.02. The van der Waals surface area contributed by atoms with Gasteiger partial charge >= 0.3 is 0 Å². The first-order valence-corrected chi connectivity index (χ1v) is 5.62. The van der Waals surface area contributed by atoms with E-state index in [4.69, 9.17) is 0 Å². The van der Waals surface area contributed by atoms with Crippen molar-refractivity contribution in [2.75, 3.05) is 0 Å². The molecule has 1 N–H and O–H groups in total. The van der Waals surface area contributed by atoms with Crippen molar-refractivity contribution in [2.45, 2.75) is 6.54 Å². The van der Waals surface area contributed by atoms with Crippen molar-refractivity contribution in [3.8, 4) is 0 Å². The maximum absolute atomic E-state index is 13.6. The third kappa shape index (κ3) is 2.01. The molecule has 0 amide bonds. The van der Waals surface area contributed by atoms with Crippen LogP contribution in [0.2, 0.25) is 0 Å². The zero-order chi connectivity index (χ0) is 13.4. The number of hydrogen-bond acceptors (Lipinski definition) is 2. The van der Waals surface area contributed by atoms with Crippen LogP contribution in [0.1, 0.15) is 5.56 Å². The minimum absolute atomic E-state index is 0.129. The summed E-state index contributed by atoms with van der Waals surface area (Å²) in [7, 11) is 0. The fourth-order valence-electron chi connectivity index (χ4n) is 1.96. The predicted molar refractivity (Wildman–Crippen MR) is 65.8 cm³/mol. The number of nitrogens with one attached hydrogen (secondary N) is 1. The Balaban J connectivity index is 2.12. The SMILES string of the molecule is O=c1[nH]n(Cc2ccccc2F)c2ncc(F)cc12. The lowest BCUT2D eigenvalue weighted by atomic mass is 10.2. The van der Waals surface area contributed by atoms with Crippen molar-refractivity contribution < 1.29 is 8.78 Å². The number of halogens is 2. The summed E-state index contributed by atoms with van der Waals surface area (Å²) in [5.74, 6) is -0.950. The van der Waals surface area contributed by atoms with Gasteiger partial charge < -0.3 is 0 Å². The van der Waals surface area contributed by atoms with E-state index in [1.165, 1.54) is 10.7 Å². The van der Waals surface area contributed by atoms with Crippen molar-refractivity contribution in [3.05, 3.63) is 64.1 Å². The van der Waals surface area contributed by atoms with Crippen LogP contribution in [0.3, 0.4) is 0 Å². The third-order valence-electron chi connectivity index (χ3n) is 2.86. The van der Waals surface area contributed by atoms with Gasteiger partial charge in [0.15, 0.2) is 5.65 Å². The molecule has 3 rings (SSSR count). The first-order valence-electron chi connectivity index (χ1n) is 5.62. The van der Waals surface area contributed by atoms with Crippen molar-refractivity contribution in [2.24, 2.45) is 0 Å². The van der Waals surface area contributed by atoms with E-state index in [-0.39, 0.29) is 17.7 Å². The topological polar surface area (TPSA) is 50.7 Å². The molecule has 2 aromatic heterocycles. The Morgan fingerprint density at radius 3 is 2.84 bits per heavy atom. The summed E-state index contributed by atoms with van der Waals surface area (Å²) in [6.45, 7) is 0.129. The molecule has 0 bridgehead atoms. The van der Waals surface area contributed by atoms with Crippen molar-refractivity contribution >= 4 is 11.0 Å². The zero-order valence-corrected chi connectivity index (χ0v) is 9.73. The fraction of sp³-hybridized carbons (Fsp3) is 0.0769. The summed E-state index contributed by atoms with van der Waals surface area (Å²) in [5, 5.41) is 2.67. The second kappa shape index (κ2) is 4.31. The normalized spacial score (nSPS) is 11.1. The Kier molecular flexibility index (Phi) is 2.63. The molecular weight excluding hydrogens is 252 g/mol. The highest BCUT2D eigenvalue weighted by molar-refractivity contribution is 5.74. The number of rotatable bonds is 2. The minimum Gasteiger partial charge on any atom is -0.267 e. The molecule has 19 heavy (non-hydrogen) atoms. The lowest BCUT2D eigenvalue weighted by Crippen LogP contribution is -2.08. The Morgan fingerprint density at radius 1 is 1.26 bits per heavy atom. The van der Waals surface area contributed by atoms with E-state index in [0.717, 1.165) is 12.3 Å². The van der Waals surface area contributed by atoms with Crippen molar-refractivity contribution in [1.29, 1.82) is 0 Å². The molecule has 0 radical (unpaired) electrons. The van der Waals surface area contributed by atoms with Gasteiger partial charge in [-0.25, -0.2) is 13.8 Å². The summed E-state index contributed by atoms with van der Waals surface area (Å²) >= 11 is 0. The smallest absolute Gasteiger partial charge is 0.267 e. The Bertz CT molecular complexity index is 807. The molecule has 0 saturated carbocycles. The quantitative estimate of drug-likeness (QED) is 0.767. The van der Waals surface area contributed by atoms with Gasteiger partial charge in [-0.05, 0) is 12.1 Å². The fourth-order valence-corrected chi connectivity index (χ4v) is 1.96. The molecule has 6 heteroatoms. The number of hydrogen-bond donors (Lipinski definition) is 1. The first-order chi connectivity index (χ1) is 9.15. The van der Waals surface area contributed by atoms with Gasteiger partial charge in [-0.3, -0.25) is 14.6 Å². The monoisotopic (exact) mass is 261 g/mol. The van der Waals surface area contributed by atoms with Gasteiger partial charge in [0.05, 0.1) is 18.1 Å². The van der Waals surface area contributed by atoms with Gasteiger partial charge in [0.25, 0.3) is 5.56 Å². The van der Waals surface area contributed by atoms with Gasteiger partial charge in [0.2, 0.25) is 0 Å². The van der Waals surface area contributed by atoms with Gasteiger partial charge in [-0.15, -0.1) is 0 Å². The highest BCUT2D eigenvalue weighted by Gasteiger charge is 2.10. The Labute approximate surface area is 106 Å². The molecule has 0 atom stereocenters. The molecule has 0 aliphatic heterocycles. The van der Waals surface area contributed by atoms with Gasteiger partial charge in [0.1, 0.15) is 11.6 Å². The molecule has 0 saturated heterocycles. The van der Waals surface area contributed by atoms with E-state index in [2.05, 4.69) is 10.1 Å². The molecule has 0 unspecified atom stereocenters. The van der Waals surface area contributed by atoms with E-state index in [0.29, 0.717) is 11.2 Å². The molecule has 0 aliphatic rings. The average Bonchev–Trinajstić information content (AvgIpc) is 2.69. The van der Waals surface area contributed by atoms with Crippen LogP contribution in [-0.4, -0.2) is 14.8 Å². The highest BCUT2D eigenvalue weighted by Crippen LogP contribution is 2.12. The van der Waals surface area contributed by atoms with E-state index in [1.54, 1.807) is 18.2 Å². The Morgan fingerprint density at radius 2 is 2.05 bits per heavy atom. The Hall–Kier alpha value is -2.50. The van der Waals surface area contributed by atoms with Crippen LogP contribution >= 0.6 is 0 Å². The summed E-state index contributed by atoms with van der Waals surface area (Å²) < 4.78 is 28.0. The molecule has 96 valence electrons. The van der Waals surface area contributed by atoms with E-state index in [1.807, 2.05) is 0 Å². The largest absolute Gasteiger partial charge is 0.273 e. The molecule has 3 aromatic rings. The van der Waals surface area contributed by atoms with Crippen molar-refractivity contribution in [3.63, 3.8) is 0 Å². The summed E-state index contributed by atoms with van der Waals surface area (Å²) in [4.78, 5) is 15.5. The molecule has 2 heterocycles. The van der Waals surface area contributed by atoms with Crippen LogP contribution in [0, 0.1) is 11.6 Å². The molecule has 0 spiro atoms. The van der Waals surface area contributed by atoms with Gasteiger partial charge in [-0.2, -0.15) is 0 Å². The molecule has 4 nitrogen and oxygen atoms in total. The van der Waals surface area contributed by atoms with Crippen LogP contribution in [0.4, 0.5) is 8.78 Å². The summed E-state index contributed by atoms with van der Waals surface area (Å²) in [6, 6.07) is 7.35. The van der Waals surface area contributed by atoms with Gasteiger partial charge in [-0.1, -0.05) is 18.2 Å². The number of H-pyrrole nitrogens is 1. The third-order valence-corrected chi connectivity index (χ3v) is 2.86. The second-order valence-electron chi connectivity index (χ2n) is 4.14. The number of pyridine rings is 1. The number of fused-ring (bicyclic) bond motifs is 1. The maximum atomic E-state index is 13.6. The van der Waals surface area contributed by atoms with Gasteiger partial charge in [0, 0.05) is 5.56 Å². The molecule has 1 aromatic carbocycles. The lowest BCUT2D eigenvalue weighted by Gasteiger charge is -2.05. The highest BCUT2D eigenvalue weighted by atomic mass is 19.1. The number of nitrogens with zero attached hydrogens (tertiary/aromatic N) is 2. The molecular formula is C13H9F2N3O. The van der Waals surface area contributed by atoms with Crippen LogP contribution in [-0.2, 0) is 6.54 Å². The van der Waals surface area contributed by atoms with E-state index < -0.39 is 11.4 Å². The second-order valence-corrected chi connectivity index (χ2v) is 4.14. The zero-order valence-electron chi connectivity index (χ0n) is 9.73. The van der Waals surface area contributed by atoms with Crippen LogP contribution < -0.4 is 5.56 Å². The van der Waals surface area contributed by atoms with Crippen LogP contribution in [0.25, 0.3) is 11.0 Å². The van der Waals surface area contributed by atoms with E-state index in [9.17, 15) is 13.6 Å². The minimum atomic E-state index is -0.582. The number of aromatic amines is 1. The predicted octanol–water partition coefficient (Wildman–Crippen LogP) is 2.05. The lowest BCUT2D eigenvalue weighted by molar-refractivity contribution is 0.587. The van der Waals surface area contributed by atoms with E-state index >= 15 is 0 Å². The number of benzene rings is 1.